The molecule has 1 fully saturated rings. The second kappa shape index (κ2) is 8.10. The predicted molar refractivity (Wildman–Crippen MR) is 116 cm³/mol. The number of piperidine rings is 1. The molecule has 31 heavy (non-hydrogen) atoms. The van der Waals surface area contributed by atoms with Gasteiger partial charge in [0, 0.05) is 31.2 Å². The SMILES string of the molecule is N[C@@H](Cn1cnc2c(N3CCC(c4ccc5c(n4)NCCC5)CC3)ncnc21)C(=O)O. The van der Waals surface area contributed by atoms with E-state index in [0.29, 0.717) is 17.1 Å². The van der Waals surface area contributed by atoms with Crippen LogP contribution in [0.4, 0.5) is 11.6 Å². The van der Waals surface area contributed by atoms with Crippen LogP contribution < -0.4 is 16.0 Å². The van der Waals surface area contributed by atoms with Crippen molar-refractivity contribution in [3.05, 3.63) is 36.0 Å². The average Bonchev–Trinajstić information content (AvgIpc) is 3.21. The Morgan fingerprint density at radius 3 is 2.90 bits per heavy atom. The quantitative estimate of drug-likeness (QED) is 0.557. The number of imidazole rings is 1. The molecule has 10 heteroatoms. The second-order valence-corrected chi connectivity index (χ2v) is 8.25. The minimum absolute atomic E-state index is 0.113. The van der Waals surface area contributed by atoms with Crippen LogP contribution in [-0.2, 0) is 17.8 Å². The van der Waals surface area contributed by atoms with E-state index in [1.807, 2.05) is 0 Å². The molecule has 5 heterocycles. The van der Waals surface area contributed by atoms with E-state index in [4.69, 9.17) is 15.8 Å². The van der Waals surface area contributed by atoms with Gasteiger partial charge in [-0.2, -0.15) is 0 Å². The van der Waals surface area contributed by atoms with Crippen LogP contribution in [0.1, 0.15) is 36.4 Å². The summed E-state index contributed by atoms with van der Waals surface area (Å²) in [6.07, 6.45) is 7.33. The van der Waals surface area contributed by atoms with Crippen LogP contribution in [-0.4, -0.2) is 61.3 Å². The highest BCUT2D eigenvalue weighted by Gasteiger charge is 2.26. The summed E-state index contributed by atoms with van der Waals surface area (Å²) < 4.78 is 1.68. The summed E-state index contributed by atoms with van der Waals surface area (Å²) in [5.41, 5.74) is 9.43. The van der Waals surface area contributed by atoms with Crippen molar-refractivity contribution < 1.29 is 9.90 Å². The number of nitrogens with one attached hydrogen (secondary N) is 1. The van der Waals surface area contributed by atoms with Gasteiger partial charge >= 0.3 is 5.97 Å². The van der Waals surface area contributed by atoms with E-state index < -0.39 is 12.0 Å². The molecule has 0 saturated carbocycles. The number of carboxylic acids is 1. The van der Waals surface area contributed by atoms with Crippen LogP contribution >= 0.6 is 0 Å². The van der Waals surface area contributed by atoms with Crippen molar-refractivity contribution in [2.45, 2.75) is 44.2 Å². The van der Waals surface area contributed by atoms with E-state index in [1.54, 1.807) is 10.9 Å². The number of carbonyl (C=O) groups is 1. The molecule has 5 rings (SSSR count). The molecule has 0 bridgehead atoms. The summed E-state index contributed by atoms with van der Waals surface area (Å²) in [7, 11) is 0. The number of rotatable bonds is 5. The Morgan fingerprint density at radius 1 is 1.26 bits per heavy atom. The fraction of sp³-hybridized carbons (Fsp3) is 0.476. The number of nitrogens with two attached hydrogens (primary N) is 1. The maximum Gasteiger partial charge on any atom is 0.322 e. The second-order valence-electron chi connectivity index (χ2n) is 8.25. The lowest BCUT2D eigenvalue weighted by Gasteiger charge is -2.33. The first-order valence-corrected chi connectivity index (χ1v) is 10.7. The normalized spacial score (nSPS) is 17.9. The first-order chi connectivity index (χ1) is 15.1. The molecule has 3 aromatic heterocycles. The monoisotopic (exact) mass is 422 g/mol. The maximum atomic E-state index is 11.1. The Hall–Kier alpha value is -3.27. The van der Waals surface area contributed by atoms with Gasteiger partial charge in [-0.05, 0) is 37.3 Å². The fourth-order valence-electron chi connectivity index (χ4n) is 4.48. The Bertz CT molecular complexity index is 1110. The lowest BCUT2D eigenvalue weighted by molar-refractivity contribution is -0.138. The number of hydrogen-bond donors (Lipinski definition) is 3. The van der Waals surface area contributed by atoms with Gasteiger partial charge in [0.25, 0.3) is 0 Å². The van der Waals surface area contributed by atoms with Crippen LogP contribution in [0.25, 0.3) is 11.2 Å². The summed E-state index contributed by atoms with van der Waals surface area (Å²) in [6, 6.07) is 3.39. The average molecular weight is 422 g/mol. The van der Waals surface area contributed by atoms with Crippen LogP contribution in [0.3, 0.4) is 0 Å². The zero-order valence-corrected chi connectivity index (χ0v) is 17.2. The predicted octanol–water partition coefficient (Wildman–Crippen LogP) is 1.38. The Morgan fingerprint density at radius 2 is 2.10 bits per heavy atom. The minimum Gasteiger partial charge on any atom is -0.480 e. The third-order valence-corrected chi connectivity index (χ3v) is 6.22. The third-order valence-electron chi connectivity index (χ3n) is 6.22. The highest BCUT2D eigenvalue weighted by molar-refractivity contribution is 5.83. The smallest absolute Gasteiger partial charge is 0.322 e. The zero-order valence-electron chi connectivity index (χ0n) is 17.2. The molecule has 0 aromatic carbocycles. The number of aliphatic carboxylic acids is 1. The van der Waals surface area contributed by atoms with Gasteiger partial charge in [0.05, 0.1) is 12.9 Å². The van der Waals surface area contributed by atoms with Crippen LogP contribution in [0.2, 0.25) is 0 Å². The van der Waals surface area contributed by atoms with Crippen molar-refractivity contribution >= 4 is 28.8 Å². The van der Waals surface area contributed by atoms with Gasteiger partial charge in [0.2, 0.25) is 0 Å². The van der Waals surface area contributed by atoms with E-state index in [0.717, 1.165) is 62.6 Å². The molecular formula is C21H26N8O2. The van der Waals surface area contributed by atoms with Crippen molar-refractivity contribution in [3.63, 3.8) is 0 Å². The van der Waals surface area contributed by atoms with Crippen LogP contribution in [0.15, 0.2) is 24.8 Å². The Labute approximate surface area is 179 Å². The minimum atomic E-state index is -1.05. The molecule has 162 valence electrons. The number of fused-ring (bicyclic) bond motifs is 2. The molecule has 0 radical (unpaired) electrons. The van der Waals surface area contributed by atoms with Gasteiger partial charge in [-0.3, -0.25) is 4.79 Å². The summed E-state index contributed by atoms with van der Waals surface area (Å²) in [5, 5.41) is 12.5. The van der Waals surface area contributed by atoms with Gasteiger partial charge in [-0.15, -0.1) is 0 Å². The summed E-state index contributed by atoms with van der Waals surface area (Å²) in [4.78, 5) is 31.5. The summed E-state index contributed by atoms with van der Waals surface area (Å²) in [6.45, 7) is 2.81. The van der Waals surface area contributed by atoms with E-state index in [1.165, 1.54) is 11.9 Å². The number of aromatic nitrogens is 5. The Kier molecular flexibility index (Phi) is 5.14. The van der Waals surface area contributed by atoms with E-state index in [9.17, 15) is 4.79 Å². The molecule has 0 amide bonds. The Balaban J connectivity index is 1.31. The first-order valence-electron chi connectivity index (χ1n) is 10.7. The van der Waals surface area contributed by atoms with E-state index >= 15 is 0 Å². The lowest BCUT2D eigenvalue weighted by atomic mass is 9.92. The molecule has 0 spiro atoms. The number of anilines is 2. The first kappa shape index (κ1) is 19.7. The molecule has 3 aromatic rings. The van der Waals surface area contributed by atoms with Gasteiger partial charge in [0.1, 0.15) is 18.2 Å². The molecule has 2 aliphatic rings. The summed E-state index contributed by atoms with van der Waals surface area (Å²) >= 11 is 0. The fourth-order valence-corrected chi connectivity index (χ4v) is 4.48. The van der Waals surface area contributed by atoms with Crippen molar-refractivity contribution in [2.24, 2.45) is 5.73 Å². The van der Waals surface area contributed by atoms with Crippen molar-refractivity contribution in [2.75, 3.05) is 29.9 Å². The summed E-state index contributed by atoms with van der Waals surface area (Å²) in [5.74, 6) is 1.21. The highest BCUT2D eigenvalue weighted by Crippen LogP contribution is 2.32. The molecule has 1 saturated heterocycles. The number of nitrogens with zero attached hydrogens (tertiary/aromatic N) is 6. The molecule has 0 unspecified atom stereocenters. The molecule has 2 aliphatic heterocycles. The van der Waals surface area contributed by atoms with E-state index in [-0.39, 0.29) is 6.54 Å². The number of aryl methyl sites for hydroxylation is 1. The number of pyridine rings is 1. The standard InChI is InChI=1S/C21H26N8O2/c22-15(21(30)31)10-29-12-26-17-19(24-11-25-20(17)29)28-8-5-13(6-9-28)16-4-3-14-2-1-7-23-18(14)27-16/h3-4,11-13,15H,1-2,5-10,22H2,(H,23,27)(H,30,31)/t15-/m0/s1. The van der Waals surface area contributed by atoms with Gasteiger partial charge in [-0.25, -0.2) is 19.9 Å². The largest absolute Gasteiger partial charge is 0.480 e. The molecule has 1 atom stereocenters. The molecule has 10 nitrogen and oxygen atoms in total. The van der Waals surface area contributed by atoms with Crippen molar-refractivity contribution in [1.29, 1.82) is 0 Å². The van der Waals surface area contributed by atoms with Crippen LogP contribution in [0, 0.1) is 0 Å². The lowest BCUT2D eigenvalue weighted by Crippen LogP contribution is -2.35. The van der Waals surface area contributed by atoms with Gasteiger partial charge in [-0.1, -0.05) is 6.07 Å². The maximum absolute atomic E-state index is 11.1. The molecule has 0 aliphatic carbocycles. The number of hydrogen-bond acceptors (Lipinski definition) is 8. The van der Waals surface area contributed by atoms with Crippen LogP contribution in [0.5, 0.6) is 0 Å². The number of carboxylic acid groups (broad SMARTS) is 1. The van der Waals surface area contributed by atoms with E-state index in [2.05, 4.69) is 37.3 Å². The molecular weight excluding hydrogens is 396 g/mol. The van der Waals surface area contributed by atoms with Crippen molar-refractivity contribution in [3.8, 4) is 0 Å². The van der Waals surface area contributed by atoms with Crippen molar-refractivity contribution in [1.82, 2.24) is 24.5 Å². The zero-order chi connectivity index (χ0) is 21.4. The molecule has 4 N–H and O–H groups in total. The van der Waals surface area contributed by atoms with Gasteiger partial charge < -0.3 is 25.6 Å². The topological polar surface area (TPSA) is 135 Å². The highest BCUT2D eigenvalue weighted by atomic mass is 16.4. The van der Waals surface area contributed by atoms with Gasteiger partial charge in [0.15, 0.2) is 17.0 Å². The third kappa shape index (κ3) is 3.78.